The highest BCUT2D eigenvalue weighted by molar-refractivity contribution is 5.66. The van der Waals surface area contributed by atoms with Crippen LogP contribution >= 0.6 is 0 Å². The van der Waals surface area contributed by atoms with Crippen LogP contribution in [0.4, 0.5) is 0 Å². The average Bonchev–Trinajstić information content (AvgIpc) is 2.28. The molecule has 0 bridgehead atoms. The molecule has 0 amide bonds. The Kier molecular flexibility index (Phi) is 3.00. The molecule has 0 aliphatic carbocycles. The summed E-state index contributed by atoms with van der Waals surface area (Å²) in [5.74, 6) is -0.217. The second-order valence-corrected chi connectivity index (χ2v) is 4.79. The normalized spacial score (nSPS) is 27.9. The van der Waals surface area contributed by atoms with Crippen LogP contribution in [0.5, 0.6) is 0 Å². The van der Waals surface area contributed by atoms with Crippen molar-refractivity contribution in [2.45, 2.75) is 34.0 Å². The molecule has 0 aromatic carbocycles. The van der Waals surface area contributed by atoms with E-state index in [0.717, 1.165) is 5.57 Å². The summed E-state index contributed by atoms with van der Waals surface area (Å²) in [6.45, 7) is 12.1. The lowest BCUT2D eigenvalue weighted by Gasteiger charge is -2.30. The first-order valence-corrected chi connectivity index (χ1v) is 4.79. The van der Waals surface area contributed by atoms with E-state index in [4.69, 9.17) is 9.47 Å². The molecule has 1 saturated heterocycles. The molecule has 0 radical (unpaired) electrons. The Balaban J connectivity index is 2.77. The third-order valence-corrected chi connectivity index (χ3v) is 2.36. The molecular formula is C11H18O3. The van der Waals surface area contributed by atoms with Crippen molar-refractivity contribution < 1.29 is 14.3 Å². The molecule has 1 heterocycles. The van der Waals surface area contributed by atoms with Gasteiger partial charge in [0, 0.05) is 12.8 Å². The number of carbonyl (C=O) groups excluding carboxylic acids is 1. The quantitative estimate of drug-likeness (QED) is 0.478. The average molecular weight is 198 g/mol. The first-order chi connectivity index (χ1) is 6.32. The van der Waals surface area contributed by atoms with E-state index in [1.165, 1.54) is 6.92 Å². The summed E-state index contributed by atoms with van der Waals surface area (Å²) in [6, 6.07) is 0. The van der Waals surface area contributed by atoms with Crippen molar-refractivity contribution in [3.63, 3.8) is 0 Å². The van der Waals surface area contributed by atoms with E-state index >= 15 is 0 Å². The minimum Gasteiger partial charge on any atom is -0.435 e. The van der Waals surface area contributed by atoms with Gasteiger partial charge in [0.2, 0.25) is 6.29 Å². The largest absolute Gasteiger partial charge is 0.435 e. The lowest BCUT2D eigenvalue weighted by molar-refractivity contribution is -0.177. The van der Waals surface area contributed by atoms with Crippen molar-refractivity contribution in [1.29, 1.82) is 0 Å². The Hall–Kier alpha value is -0.830. The predicted octanol–water partition coefficient (Wildman–Crippen LogP) is 2.12. The summed E-state index contributed by atoms with van der Waals surface area (Å²) in [5, 5.41) is 0. The van der Waals surface area contributed by atoms with Gasteiger partial charge in [-0.1, -0.05) is 27.4 Å². The van der Waals surface area contributed by atoms with Crippen molar-refractivity contribution in [2.75, 3.05) is 6.61 Å². The van der Waals surface area contributed by atoms with E-state index in [1.54, 1.807) is 0 Å². The number of hydrogen-bond acceptors (Lipinski definition) is 3. The molecule has 1 rings (SSSR count). The van der Waals surface area contributed by atoms with Gasteiger partial charge in [-0.25, -0.2) is 0 Å². The van der Waals surface area contributed by atoms with Crippen LogP contribution in [-0.2, 0) is 14.3 Å². The van der Waals surface area contributed by atoms with Crippen LogP contribution in [0.3, 0.4) is 0 Å². The monoisotopic (exact) mass is 198 g/mol. The molecule has 0 unspecified atom stereocenters. The van der Waals surface area contributed by atoms with Crippen LogP contribution in [0.1, 0.15) is 27.7 Å². The molecule has 3 nitrogen and oxygen atoms in total. The fourth-order valence-corrected chi connectivity index (χ4v) is 1.85. The standard InChI is InChI=1S/C11H18O3/c1-7-6-13-10(14-8(2)12)9(7)11(3,4)5/h9-10H,1,6H2,2-5H3/t9-,10+/m1/s1. The number of ether oxygens (including phenoxy) is 2. The summed E-state index contributed by atoms with van der Waals surface area (Å²) in [4.78, 5) is 10.8. The zero-order valence-corrected chi connectivity index (χ0v) is 9.29. The summed E-state index contributed by atoms with van der Waals surface area (Å²) >= 11 is 0. The smallest absolute Gasteiger partial charge is 0.304 e. The van der Waals surface area contributed by atoms with E-state index in [-0.39, 0.29) is 17.3 Å². The maximum Gasteiger partial charge on any atom is 0.304 e. The Morgan fingerprint density at radius 1 is 1.57 bits per heavy atom. The summed E-state index contributed by atoms with van der Waals surface area (Å²) in [7, 11) is 0. The molecule has 1 aliphatic heterocycles. The van der Waals surface area contributed by atoms with Crippen molar-refractivity contribution in [3.8, 4) is 0 Å². The highest BCUT2D eigenvalue weighted by Gasteiger charge is 2.41. The molecule has 80 valence electrons. The molecule has 0 N–H and O–H groups in total. The molecule has 2 atom stereocenters. The van der Waals surface area contributed by atoms with E-state index in [2.05, 4.69) is 27.4 Å². The number of esters is 1. The maximum absolute atomic E-state index is 10.8. The molecule has 14 heavy (non-hydrogen) atoms. The summed E-state index contributed by atoms with van der Waals surface area (Å²) < 4.78 is 10.5. The second-order valence-electron chi connectivity index (χ2n) is 4.79. The molecule has 1 aliphatic rings. The van der Waals surface area contributed by atoms with Gasteiger partial charge < -0.3 is 9.47 Å². The van der Waals surface area contributed by atoms with Crippen LogP contribution in [0.25, 0.3) is 0 Å². The molecular weight excluding hydrogens is 180 g/mol. The lowest BCUT2D eigenvalue weighted by atomic mass is 9.77. The van der Waals surface area contributed by atoms with E-state index < -0.39 is 6.29 Å². The predicted molar refractivity (Wildman–Crippen MR) is 53.6 cm³/mol. The highest BCUT2D eigenvalue weighted by atomic mass is 16.7. The Labute approximate surface area is 85.1 Å². The van der Waals surface area contributed by atoms with Gasteiger partial charge in [-0.2, -0.15) is 0 Å². The molecule has 1 fully saturated rings. The molecule has 3 heteroatoms. The fraction of sp³-hybridized carbons (Fsp3) is 0.727. The molecule has 0 saturated carbocycles. The van der Waals surface area contributed by atoms with Crippen molar-refractivity contribution in [3.05, 3.63) is 12.2 Å². The van der Waals surface area contributed by atoms with Crippen LogP contribution in [0, 0.1) is 11.3 Å². The number of carbonyl (C=O) groups is 1. The lowest BCUT2D eigenvalue weighted by Crippen LogP contribution is -2.32. The first-order valence-electron chi connectivity index (χ1n) is 4.79. The highest BCUT2D eigenvalue weighted by Crippen LogP contribution is 2.40. The topological polar surface area (TPSA) is 35.5 Å². The molecule has 0 aromatic rings. The van der Waals surface area contributed by atoms with Crippen molar-refractivity contribution >= 4 is 5.97 Å². The SMILES string of the molecule is C=C1CO[C@@H](OC(C)=O)[C@@H]1C(C)(C)C. The Morgan fingerprint density at radius 3 is 2.57 bits per heavy atom. The first kappa shape index (κ1) is 11.2. The zero-order chi connectivity index (χ0) is 10.9. The second kappa shape index (κ2) is 3.73. The molecule has 0 aromatic heterocycles. The maximum atomic E-state index is 10.8. The van der Waals surface area contributed by atoms with Crippen LogP contribution in [0.2, 0.25) is 0 Å². The minimum atomic E-state index is -0.458. The van der Waals surface area contributed by atoms with Crippen molar-refractivity contribution in [1.82, 2.24) is 0 Å². The zero-order valence-electron chi connectivity index (χ0n) is 9.29. The van der Waals surface area contributed by atoms with Crippen LogP contribution in [0.15, 0.2) is 12.2 Å². The molecule has 0 spiro atoms. The van der Waals surface area contributed by atoms with Crippen LogP contribution in [-0.4, -0.2) is 18.9 Å². The Bertz CT molecular complexity index is 250. The summed E-state index contributed by atoms with van der Waals surface area (Å²) in [5.41, 5.74) is 1.01. The number of hydrogen-bond donors (Lipinski definition) is 0. The van der Waals surface area contributed by atoms with Gasteiger partial charge in [-0.05, 0) is 11.0 Å². The van der Waals surface area contributed by atoms with E-state index in [1.807, 2.05) is 0 Å². The van der Waals surface area contributed by atoms with Gasteiger partial charge in [0.05, 0.1) is 6.61 Å². The van der Waals surface area contributed by atoms with Gasteiger partial charge in [0.1, 0.15) is 0 Å². The van der Waals surface area contributed by atoms with E-state index in [9.17, 15) is 4.79 Å². The van der Waals surface area contributed by atoms with Gasteiger partial charge in [-0.3, -0.25) is 4.79 Å². The minimum absolute atomic E-state index is 0.00764. The third-order valence-electron chi connectivity index (χ3n) is 2.36. The van der Waals surface area contributed by atoms with Crippen molar-refractivity contribution in [2.24, 2.45) is 11.3 Å². The van der Waals surface area contributed by atoms with Gasteiger partial charge in [0.25, 0.3) is 0 Å². The van der Waals surface area contributed by atoms with Gasteiger partial charge in [0.15, 0.2) is 0 Å². The van der Waals surface area contributed by atoms with Gasteiger partial charge >= 0.3 is 5.97 Å². The van der Waals surface area contributed by atoms with Crippen LogP contribution < -0.4 is 0 Å². The van der Waals surface area contributed by atoms with E-state index in [0.29, 0.717) is 6.61 Å². The Morgan fingerprint density at radius 2 is 2.14 bits per heavy atom. The van der Waals surface area contributed by atoms with Gasteiger partial charge in [-0.15, -0.1) is 0 Å². The summed E-state index contributed by atoms with van der Waals surface area (Å²) in [6.07, 6.45) is -0.458. The number of rotatable bonds is 1. The fourth-order valence-electron chi connectivity index (χ4n) is 1.85. The third kappa shape index (κ3) is 2.35.